The van der Waals surface area contributed by atoms with Crippen molar-refractivity contribution in [2.45, 2.75) is 33.7 Å². The van der Waals surface area contributed by atoms with Crippen molar-refractivity contribution in [2.24, 2.45) is 0 Å². The number of amides is 1. The summed E-state index contributed by atoms with van der Waals surface area (Å²) in [7, 11) is 1.98. The molecule has 0 radical (unpaired) electrons. The molecule has 0 bridgehead atoms. The fraction of sp³-hybridized carbons (Fsp3) is 0.692. The first kappa shape index (κ1) is 16.0. The Bertz CT molecular complexity index is 399. The lowest BCUT2D eigenvalue weighted by molar-refractivity contribution is -0.117. The van der Waals surface area contributed by atoms with Gasteiger partial charge in [0.25, 0.3) is 0 Å². The number of aromatic nitrogens is 2. The van der Waals surface area contributed by atoms with E-state index < -0.39 is 0 Å². The maximum absolute atomic E-state index is 12.0. The topological polar surface area (TPSA) is 61.0 Å². The molecule has 0 saturated heterocycles. The number of H-pyrrole nitrogens is 1. The Morgan fingerprint density at radius 2 is 2.21 bits per heavy atom. The highest BCUT2D eigenvalue weighted by Crippen LogP contribution is 2.16. The van der Waals surface area contributed by atoms with Crippen LogP contribution in [0.4, 0.5) is 5.69 Å². The summed E-state index contributed by atoms with van der Waals surface area (Å²) in [6.07, 6.45) is 0. The molecular formula is C13H24N4OS. The average Bonchev–Trinajstić information content (AvgIpc) is 2.67. The smallest absolute Gasteiger partial charge is 0.238 e. The van der Waals surface area contributed by atoms with Crippen molar-refractivity contribution in [1.29, 1.82) is 0 Å². The van der Waals surface area contributed by atoms with Crippen LogP contribution in [0.1, 0.15) is 25.2 Å². The molecule has 0 unspecified atom stereocenters. The highest BCUT2D eigenvalue weighted by Gasteiger charge is 2.15. The second-order valence-electron chi connectivity index (χ2n) is 4.78. The van der Waals surface area contributed by atoms with Crippen LogP contribution in [-0.2, 0) is 4.79 Å². The van der Waals surface area contributed by atoms with E-state index in [2.05, 4.69) is 34.3 Å². The van der Waals surface area contributed by atoms with E-state index in [1.54, 1.807) is 0 Å². The second-order valence-corrected chi connectivity index (χ2v) is 6.10. The van der Waals surface area contributed by atoms with Crippen LogP contribution in [0.2, 0.25) is 0 Å². The highest BCUT2D eigenvalue weighted by molar-refractivity contribution is 7.99. The summed E-state index contributed by atoms with van der Waals surface area (Å²) < 4.78 is 0. The van der Waals surface area contributed by atoms with Gasteiger partial charge in [-0.25, -0.2) is 0 Å². The summed E-state index contributed by atoms with van der Waals surface area (Å²) in [5.74, 6) is 2.16. The number of thioether (sulfide) groups is 1. The number of aromatic amines is 1. The minimum Gasteiger partial charge on any atom is -0.322 e. The standard InChI is InChI=1S/C13H24N4OS/c1-6-19-8-9(2)17(5)7-12(18)14-13-10(3)15-16-11(13)4/h9H,6-8H2,1-5H3,(H,14,18)(H,15,16)/t9-/m0/s1. The van der Waals surface area contributed by atoms with E-state index >= 15 is 0 Å². The Kier molecular flexibility index (Phi) is 6.37. The average molecular weight is 284 g/mol. The van der Waals surface area contributed by atoms with E-state index in [1.165, 1.54) is 0 Å². The summed E-state index contributed by atoms with van der Waals surface area (Å²) in [5.41, 5.74) is 2.51. The molecule has 0 aromatic carbocycles. The third-order valence-corrected chi connectivity index (χ3v) is 4.23. The Balaban J connectivity index is 2.47. The molecule has 0 aliphatic carbocycles. The van der Waals surface area contributed by atoms with E-state index in [1.807, 2.05) is 32.7 Å². The lowest BCUT2D eigenvalue weighted by atomic mass is 10.3. The lowest BCUT2D eigenvalue weighted by Gasteiger charge is -2.23. The van der Waals surface area contributed by atoms with Crippen LogP contribution in [-0.4, -0.2) is 52.1 Å². The number of nitrogens with one attached hydrogen (secondary N) is 2. The largest absolute Gasteiger partial charge is 0.322 e. The van der Waals surface area contributed by atoms with Gasteiger partial charge in [-0.1, -0.05) is 6.92 Å². The highest BCUT2D eigenvalue weighted by atomic mass is 32.2. The van der Waals surface area contributed by atoms with Gasteiger partial charge in [-0.2, -0.15) is 16.9 Å². The molecule has 1 aromatic rings. The van der Waals surface area contributed by atoms with Crippen LogP contribution in [0.5, 0.6) is 0 Å². The van der Waals surface area contributed by atoms with Crippen molar-refractivity contribution in [3.63, 3.8) is 0 Å². The van der Waals surface area contributed by atoms with Crippen LogP contribution in [0, 0.1) is 13.8 Å². The zero-order chi connectivity index (χ0) is 14.4. The van der Waals surface area contributed by atoms with Gasteiger partial charge in [-0.15, -0.1) is 0 Å². The normalized spacial score (nSPS) is 12.7. The van der Waals surface area contributed by atoms with Gasteiger partial charge < -0.3 is 5.32 Å². The number of nitrogens with zero attached hydrogens (tertiary/aromatic N) is 2. The van der Waals surface area contributed by atoms with Crippen molar-refractivity contribution in [1.82, 2.24) is 15.1 Å². The fourth-order valence-corrected chi connectivity index (χ4v) is 2.54. The number of carbonyl (C=O) groups is 1. The minimum atomic E-state index is 0.00319. The summed E-state index contributed by atoms with van der Waals surface area (Å²) in [6, 6.07) is 0.391. The first-order valence-electron chi connectivity index (χ1n) is 6.55. The predicted octanol–water partition coefficient (Wildman–Crippen LogP) is 2.04. The SMILES string of the molecule is CCSC[C@H](C)N(C)CC(=O)Nc1c(C)n[nH]c1C. The van der Waals surface area contributed by atoms with Gasteiger partial charge >= 0.3 is 0 Å². The maximum atomic E-state index is 12.0. The van der Waals surface area contributed by atoms with Crippen LogP contribution >= 0.6 is 11.8 Å². The van der Waals surface area contributed by atoms with E-state index in [0.717, 1.165) is 28.6 Å². The number of rotatable bonds is 7. The Labute approximate surface area is 119 Å². The summed E-state index contributed by atoms with van der Waals surface area (Å²) in [5, 5.41) is 9.85. The van der Waals surface area contributed by atoms with Gasteiger partial charge in [0.05, 0.1) is 23.6 Å². The van der Waals surface area contributed by atoms with Crippen LogP contribution < -0.4 is 5.32 Å². The number of carbonyl (C=O) groups excluding carboxylic acids is 1. The van der Waals surface area contributed by atoms with Crippen molar-refractivity contribution >= 4 is 23.4 Å². The van der Waals surface area contributed by atoms with E-state index in [0.29, 0.717) is 12.6 Å². The number of anilines is 1. The third-order valence-electron chi connectivity index (χ3n) is 3.10. The molecule has 0 aliphatic rings. The van der Waals surface area contributed by atoms with Gasteiger partial charge in [0, 0.05) is 11.8 Å². The number of hydrogen-bond acceptors (Lipinski definition) is 4. The van der Waals surface area contributed by atoms with Crippen molar-refractivity contribution in [3.8, 4) is 0 Å². The molecule has 1 rings (SSSR count). The summed E-state index contributed by atoms with van der Waals surface area (Å²) in [6.45, 7) is 8.47. The lowest BCUT2D eigenvalue weighted by Crippen LogP contribution is -2.37. The molecule has 0 fully saturated rings. The molecule has 1 atom stereocenters. The molecule has 1 amide bonds. The van der Waals surface area contributed by atoms with Crippen molar-refractivity contribution in [2.75, 3.05) is 30.4 Å². The first-order valence-corrected chi connectivity index (χ1v) is 7.70. The second kappa shape index (κ2) is 7.55. The number of hydrogen-bond donors (Lipinski definition) is 2. The molecule has 6 heteroatoms. The summed E-state index contributed by atoms with van der Waals surface area (Å²) >= 11 is 1.89. The van der Waals surface area contributed by atoms with Crippen LogP contribution in [0.25, 0.3) is 0 Å². The van der Waals surface area contributed by atoms with Gasteiger partial charge in [0.1, 0.15) is 0 Å². The molecule has 19 heavy (non-hydrogen) atoms. The van der Waals surface area contributed by atoms with E-state index in [-0.39, 0.29) is 5.91 Å². The van der Waals surface area contributed by atoms with Crippen molar-refractivity contribution in [3.05, 3.63) is 11.4 Å². The van der Waals surface area contributed by atoms with E-state index in [9.17, 15) is 4.79 Å². The minimum absolute atomic E-state index is 0.00319. The molecule has 5 nitrogen and oxygen atoms in total. The molecule has 0 spiro atoms. The van der Waals surface area contributed by atoms with E-state index in [4.69, 9.17) is 0 Å². The molecule has 2 N–H and O–H groups in total. The maximum Gasteiger partial charge on any atom is 0.238 e. The first-order chi connectivity index (χ1) is 8.95. The number of aryl methyl sites for hydroxylation is 2. The fourth-order valence-electron chi connectivity index (χ4n) is 1.71. The summed E-state index contributed by atoms with van der Waals surface area (Å²) in [4.78, 5) is 14.1. The predicted molar refractivity (Wildman–Crippen MR) is 81.8 cm³/mol. The Morgan fingerprint density at radius 1 is 1.53 bits per heavy atom. The zero-order valence-corrected chi connectivity index (χ0v) is 13.2. The Hall–Kier alpha value is -1.01. The van der Waals surface area contributed by atoms with Crippen LogP contribution in [0.3, 0.4) is 0 Å². The molecule has 0 aliphatic heterocycles. The van der Waals surface area contributed by atoms with Gasteiger partial charge in [0.15, 0.2) is 0 Å². The molecule has 108 valence electrons. The zero-order valence-electron chi connectivity index (χ0n) is 12.4. The molecule has 1 heterocycles. The van der Waals surface area contributed by atoms with Crippen molar-refractivity contribution < 1.29 is 4.79 Å². The van der Waals surface area contributed by atoms with Gasteiger partial charge in [-0.05, 0) is 33.6 Å². The molecule has 1 aromatic heterocycles. The Morgan fingerprint density at radius 3 is 2.74 bits per heavy atom. The molecule has 0 saturated carbocycles. The quantitative estimate of drug-likeness (QED) is 0.804. The van der Waals surface area contributed by atoms with Gasteiger partial charge in [-0.3, -0.25) is 14.8 Å². The molecular weight excluding hydrogens is 260 g/mol. The van der Waals surface area contributed by atoms with Gasteiger partial charge in [0.2, 0.25) is 5.91 Å². The monoisotopic (exact) mass is 284 g/mol. The number of likely N-dealkylation sites (N-methyl/N-ethyl adjacent to an activating group) is 1. The third kappa shape index (κ3) is 4.87. The van der Waals surface area contributed by atoms with Crippen LogP contribution in [0.15, 0.2) is 0 Å².